The Morgan fingerprint density at radius 3 is 2.79 bits per heavy atom. The van der Waals surface area contributed by atoms with E-state index in [2.05, 4.69) is 4.98 Å². The van der Waals surface area contributed by atoms with E-state index in [1.165, 1.54) is 6.07 Å². The smallest absolute Gasteiger partial charge is 0.253 e. The molecule has 1 aromatic carbocycles. The highest BCUT2D eigenvalue weighted by molar-refractivity contribution is 5.94. The Hall–Kier alpha value is -2.27. The average molecular weight is 328 g/mol. The summed E-state index contributed by atoms with van der Waals surface area (Å²) in [5.41, 5.74) is 1.85. The van der Waals surface area contributed by atoms with Crippen LogP contribution in [0.25, 0.3) is 0 Å². The number of nitrogens with zero attached hydrogens (tertiary/aromatic N) is 2. The summed E-state index contributed by atoms with van der Waals surface area (Å²) in [5.74, 6) is -0.283. The molecular formula is C19H21FN2O2. The number of carbonyl (C=O) groups excluding carboxylic acids is 1. The van der Waals surface area contributed by atoms with Crippen molar-refractivity contribution in [1.82, 2.24) is 9.88 Å². The molecule has 0 bridgehead atoms. The number of benzene rings is 1. The molecule has 0 radical (unpaired) electrons. The van der Waals surface area contributed by atoms with E-state index in [1.54, 1.807) is 41.4 Å². The van der Waals surface area contributed by atoms with Crippen molar-refractivity contribution < 1.29 is 13.9 Å². The molecule has 1 aromatic heterocycles. The van der Waals surface area contributed by atoms with Gasteiger partial charge in [0.15, 0.2) is 0 Å². The van der Waals surface area contributed by atoms with Gasteiger partial charge in [-0.1, -0.05) is 18.2 Å². The predicted molar refractivity (Wildman–Crippen MR) is 89.4 cm³/mol. The molecular weight excluding hydrogens is 307 g/mol. The van der Waals surface area contributed by atoms with E-state index >= 15 is 0 Å². The first-order chi connectivity index (χ1) is 11.6. The van der Waals surface area contributed by atoms with Gasteiger partial charge < -0.3 is 9.64 Å². The summed E-state index contributed by atoms with van der Waals surface area (Å²) in [5, 5.41) is 0. The van der Waals surface area contributed by atoms with E-state index in [4.69, 9.17) is 4.74 Å². The number of hydrogen-bond acceptors (Lipinski definition) is 3. The molecule has 0 saturated carbocycles. The van der Waals surface area contributed by atoms with E-state index in [-0.39, 0.29) is 17.8 Å². The number of amides is 1. The Morgan fingerprint density at radius 2 is 2.04 bits per heavy atom. The lowest BCUT2D eigenvalue weighted by Gasteiger charge is -2.31. The van der Waals surface area contributed by atoms with Gasteiger partial charge in [0.1, 0.15) is 5.82 Å². The minimum Gasteiger partial charge on any atom is -0.381 e. The Morgan fingerprint density at radius 1 is 1.29 bits per heavy atom. The lowest BCUT2D eigenvalue weighted by Crippen LogP contribution is -2.40. The molecule has 126 valence electrons. The number of halogens is 1. The fourth-order valence-corrected chi connectivity index (χ4v) is 2.99. The Labute approximate surface area is 141 Å². The van der Waals surface area contributed by atoms with Crippen LogP contribution in [0.4, 0.5) is 4.39 Å². The molecule has 1 aliphatic heterocycles. The maximum atomic E-state index is 13.8. The molecule has 2 aromatic rings. The molecule has 1 saturated heterocycles. The molecule has 3 rings (SSSR count). The average Bonchev–Trinajstić information content (AvgIpc) is 2.63. The van der Waals surface area contributed by atoms with Crippen molar-refractivity contribution in [1.29, 1.82) is 0 Å². The highest BCUT2D eigenvalue weighted by atomic mass is 19.1. The summed E-state index contributed by atoms with van der Waals surface area (Å²) >= 11 is 0. The van der Waals surface area contributed by atoms with Crippen molar-refractivity contribution >= 4 is 5.91 Å². The van der Waals surface area contributed by atoms with Gasteiger partial charge in [-0.25, -0.2) is 4.39 Å². The van der Waals surface area contributed by atoms with Gasteiger partial charge in [0.25, 0.3) is 5.91 Å². The van der Waals surface area contributed by atoms with Gasteiger partial charge in [0.05, 0.1) is 0 Å². The highest BCUT2D eigenvalue weighted by Crippen LogP contribution is 2.17. The van der Waals surface area contributed by atoms with Crippen LogP contribution in [0, 0.1) is 5.82 Å². The van der Waals surface area contributed by atoms with Crippen LogP contribution in [0.1, 0.15) is 34.5 Å². The quantitative estimate of drug-likeness (QED) is 0.866. The van der Waals surface area contributed by atoms with E-state index < -0.39 is 0 Å². The zero-order valence-corrected chi connectivity index (χ0v) is 13.7. The van der Waals surface area contributed by atoms with Gasteiger partial charge in [0, 0.05) is 50.2 Å². The fourth-order valence-electron chi connectivity index (χ4n) is 2.99. The fraction of sp³-hybridized carbons (Fsp3) is 0.368. The second-order valence-electron chi connectivity index (χ2n) is 6.06. The largest absolute Gasteiger partial charge is 0.381 e. The van der Waals surface area contributed by atoms with E-state index in [1.807, 2.05) is 7.05 Å². The lowest BCUT2D eigenvalue weighted by atomic mass is 10.0. The first-order valence-corrected chi connectivity index (χ1v) is 8.18. The van der Waals surface area contributed by atoms with Crippen LogP contribution in [0.15, 0.2) is 42.6 Å². The van der Waals surface area contributed by atoms with Crippen LogP contribution in [0.3, 0.4) is 0 Å². The van der Waals surface area contributed by atoms with Crippen molar-refractivity contribution in [2.45, 2.75) is 25.3 Å². The molecule has 1 amide bonds. The Balaban J connectivity index is 1.74. The number of hydrogen-bond donors (Lipinski definition) is 0. The van der Waals surface area contributed by atoms with E-state index in [9.17, 15) is 9.18 Å². The number of pyridine rings is 1. The molecule has 2 heterocycles. The van der Waals surface area contributed by atoms with Crippen LogP contribution in [-0.4, -0.2) is 42.1 Å². The van der Waals surface area contributed by atoms with Crippen molar-refractivity contribution in [2.75, 3.05) is 20.3 Å². The van der Waals surface area contributed by atoms with Gasteiger partial charge in [-0.2, -0.15) is 0 Å². The summed E-state index contributed by atoms with van der Waals surface area (Å²) < 4.78 is 19.1. The third-order valence-corrected chi connectivity index (χ3v) is 4.45. The minimum atomic E-state index is -0.254. The molecule has 24 heavy (non-hydrogen) atoms. The third-order valence-electron chi connectivity index (χ3n) is 4.45. The SMILES string of the molecule is CN(C(=O)c1ccnc(Cc2ccccc2F)c1)C1CCOCC1. The van der Waals surface area contributed by atoms with E-state index in [0.717, 1.165) is 12.8 Å². The zero-order chi connectivity index (χ0) is 16.9. The van der Waals surface area contributed by atoms with Crippen LogP contribution in [-0.2, 0) is 11.2 Å². The number of carbonyl (C=O) groups is 1. The molecule has 1 aliphatic rings. The summed E-state index contributed by atoms with van der Waals surface area (Å²) in [7, 11) is 1.83. The third kappa shape index (κ3) is 3.79. The second-order valence-corrected chi connectivity index (χ2v) is 6.06. The van der Waals surface area contributed by atoms with Crippen molar-refractivity contribution in [3.05, 3.63) is 65.2 Å². The first-order valence-electron chi connectivity index (χ1n) is 8.18. The topological polar surface area (TPSA) is 42.4 Å². The monoisotopic (exact) mass is 328 g/mol. The molecule has 0 aliphatic carbocycles. The standard InChI is InChI=1S/C19H21FN2O2/c1-22(17-7-10-24-11-8-17)19(23)15-6-9-21-16(13-15)12-14-4-2-3-5-18(14)20/h2-6,9,13,17H,7-8,10-12H2,1H3. The molecule has 4 nitrogen and oxygen atoms in total. The van der Waals surface area contributed by atoms with Gasteiger partial charge in [0.2, 0.25) is 0 Å². The van der Waals surface area contributed by atoms with Crippen molar-refractivity contribution in [3.8, 4) is 0 Å². The van der Waals surface area contributed by atoms with Crippen LogP contribution < -0.4 is 0 Å². The first kappa shape index (κ1) is 16.6. The summed E-state index contributed by atoms with van der Waals surface area (Å²) in [4.78, 5) is 18.8. The predicted octanol–water partition coefficient (Wildman–Crippen LogP) is 3.06. The highest BCUT2D eigenvalue weighted by Gasteiger charge is 2.23. The summed E-state index contributed by atoms with van der Waals surface area (Å²) in [6.45, 7) is 1.38. The Bertz CT molecular complexity index is 714. The maximum Gasteiger partial charge on any atom is 0.253 e. The molecule has 0 unspecified atom stereocenters. The second kappa shape index (κ2) is 7.53. The number of rotatable bonds is 4. The van der Waals surface area contributed by atoms with Gasteiger partial charge in [-0.15, -0.1) is 0 Å². The zero-order valence-electron chi connectivity index (χ0n) is 13.7. The minimum absolute atomic E-state index is 0.0286. The lowest BCUT2D eigenvalue weighted by molar-refractivity contribution is 0.0362. The molecule has 0 spiro atoms. The van der Waals surface area contributed by atoms with Gasteiger partial charge in [-0.3, -0.25) is 9.78 Å². The normalized spacial score (nSPS) is 15.2. The van der Waals surface area contributed by atoms with Crippen LogP contribution in [0.2, 0.25) is 0 Å². The molecule has 0 atom stereocenters. The number of aromatic nitrogens is 1. The van der Waals surface area contributed by atoms with Crippen molar-refractivity contribution in [3.63, 3.8) is 0 Å². The summed E-state index contributed by atoms with van der Waals surface area (Å²) in [6.07, 6.45) is 3.70. The van der Waals surface area contributed by atoms with E-state index in [0.29, 0.717) is 36.5 Å². The number of ether oxygens (including phenoxy) is 1. The van der Waals surface area contributed by atoms with Crippen LogP contribution in [0.5, 0.6) is 0 Å². The van der Waals surface area contributed by atoms with Gasteiger partial charge in [-0.05, 0) is 36.6 Å². The van der Waals surface area contributed by atoms with Crippen LogP contribution >= 0.6 is 0 Å². The molecule has 0 N–H and O–H groups in total. The molecule has 5 heteroatoms. The maximum absolute atomic E-state index is 13.8. The summed E-state index contributed by atoms with van der Waals surface area (Å²) in [6, 6.07) is 10.3. The van der Waals surface area contributed by atoms with Gasteiger partial charge >= 0.3 is 0 Å². The molecule has 1 fully saturated rings. The Kier molecular flexibility index (Phi) is 5.20. The van der Waals surface area contributed by atoms with Crippen molar-refractivity contribution in [2.24, 2.45) is 0 Å².